The first-order valence-corrected chi connectivity index (χ1v) is 21.8. The van der Waals surface area contributed by atoms with Crippen LogP contribution >= 0.6 is 0 Å². The number of fused-ring (bicyclic) bond motifs is 12. The second-order valence-corrected chi connectivity index (χ2v) is 18.8. The van der Waals surface area contributed by atoms with E-state index < -0.39 is 42.1 Å². The zero-order valence-electron chi connectivity index (χ0n) is 30.2. The fourth-order valence-electron chi connectivity index (χ4n) is 9.16. The van der Waals surface area contributed by atoms with E-state index in [-0.39, 0.29) is 29.6 Å². The maximum Gasteiger partial charge on any atom is 2.00 e. The molecule has 4 atom stereocenters. The van der Waals surface area contributed by atoms with Crippen molar-refractivity contribution >= 4 is 54.5 Å². The Kier molecular flexibility index (Phi) is 10.0. The van der Waals surface area contributed by atoms with E-state index in [0.717, 1.165) is 108 Å². The van der Waals surface area contributed by atoms with Crippen molar-refractivity contribution in [3.05, 3.63) is 70.6 Å². The third-order valence-corrected chi connectivity index (χ3v) is 14.8. The second kappa shape index (κ2) is 14.4. The van der Waals surface area contributed by atoms with E-state index in [9.17, 15) is 25.9 Å². The van der Waals surface area contributed by atoms with Crippen LogP contribution in [0.15, 0.2) is 101 Å². The van der Waals surface area contributed by atoms with Crippen LogP contribution in [-0.4, -0.2) is 82.0 Å². The third-order valence-electron chi connectivity index (χ3n) is 11.9. The molecule has 2 N–H and O–H groups in total. The van der Waals surface area contributed by atoms with Crippen LogP contribution in [0.3, 0.4) is 0 Å². The summed E-state index contributed by atoms with van der Waals surface area (Å²) < 4.78 is 73.3. The minimum absolute atomic E-state index is 0. The molecule has 10 rings (SSSR count). The van der Waals surface area contributed by atoms with Gasteiger partial charge in [-0.15, -0.1) is 0 Å². The quantitative estimate of drug-likeness (QED) is 0.372. The largest absolute Gasteiger partial charge is 2.00 e. The van der Waals surface area contributed by atoms with Crippen LogP contribution in [0.1, 0.15) is 103 Å². The van der Waals surface area contributed by atoms with Crippen LogP contribution in [0, 0.1) is 0 Å². The van der Waals surface area contributed by atoms with E-state index in [2.05, 4.69) is 42.8 Å². The summed E-state index contributed by atoms with van der Waals surface area (Å²) in [5.41, 5.74) is 11.3. The Morgan fingerprint density at radius 3 is 1.25 bits per heavy atom. The summed E-state index contributed by atoms with van der Waals surface area (Å²) in [6, 6.07) is -1.22. The standard InChI is InChI=1S/2C19H22N4O3S.Co/c2*24-27(25,26)19-8-7-17(23-19)11-15-4-3-13(21-15)9-12-1-2-14(20-12)10-16-5-6-18(19)22-16;/h2*9-11,18,21H,1-8H2,(H,24,25,26);/q;;+2/p-2. The number of allylic oxidation sites excluding steroid dienone is 12. The molecule has 0 amide bonds. The molecular formula is C38H42CoN8O6S2. The molecule has 2 fully saturated rings. The van der Waals surface area contributed by atoms with Gasteiger partial charge in [0.25, 0.3) is 0 Å². The topological polar surface area (TPSA) is 213 Å². The number of hydrogen-bond acceptors (Lipinski definition) is 14. The van der Waals surface area contributed by atoms with Crippen molar-refractivity contribution < 1.29 is 42.7 Å². The number of hydrogen-bond donors (Lipinski definition) is 2. The molecule has 291 valence electrons. The monoisotopic (exact) mass is 829 g/mol. The van der Waals surface area contributed by atoms with Crippen molar-refractivity contribution in [2.24, 2.45) is 30.0 Å². The molecule has 0 spiro atoms. The molecule has 0 aromatic rings. The van der Waals surface area contributed by atoms with Crippen molar-refractivity contribution in [1.29, 1.82) is 0 Å². The van der Waals surface area contributed by atoms with Gasteiger partial charge in [-0.05, 0) is 139 Å². The molecular weight excluding hydrogens is 788 g/mol. The number of nitrogens with zero attached hydrogens (tertiary/aromatic N) is 6. The van der Waals surface area contributed by atoms with Gasteiger partial charge in [0, 0.05) is 68.5 Å². The first-order valence-electron chi connectivity index (χ1n) is 19.0. The molecule has 16 bridgehead atoms. The Hall–Kier alpha value is -3.61. The molecule has 55 heavy (non-hydrogen) atoms. The third kappa shape index (κ3) is 7.39. The fourth-order valence-corrected chi connectivity index (χ4v) is 11.3. The van der Waals surface area contributed by atoms with Crippen LogP contribution in [-0.2, 0) is 37.0 Å². The van der Waals surface area contributed by atoms with Crippen LogP contribution in [0.5, 0.6) is 0 Å². The molecule has 2 saturated heterocycles. The Labute approximate surface area is 331 Å². The molecule has 17 heteroatoms. The van der Waals surface area contributed by atoms with Crippen LogP contribution in [0.4, 0.5) is 0 Å². The minimum Gasteiger partial charge on any atom is -0.746 e. The van der Waals surface area contributed by atoms with Crippen LogP contribution < -0.4 is 10.6 Å². The van der Waals surface area contributed by atoms with Gasteiger partial charge in [-0.1, -0.05) is 0 Å². The summed E-state index contributed by atoms with van der Waals surface area (Å²) in [7, 11) is -9.24. The van der Waals surface area contributed by atoms with Crippen molar-refractivity contribution in [3.63, 3.8) is 0 Å². The normalized spacial score (nSPS) is 31.8. The van der Waals surface area contributed by atoms with Gasteiger partial charge in [-0.3, -0.25) is 30.0 Å². The molecule has 4 unspecified atom stereocenters. The average molecular weight is 830 g/mol. The van der Waals surface area contributed by atoms with Crippen molar-refractivity contribution in [2.75, 3.05) is 0 Å². The zero-order chi connectivity index (χ0) is 37.3. The van der Waals surface area contributed by atoms with Gasteiger partial charge in [0.15, 0.2) is 9.74 Å². The average Bonchev–Trinajstić information content (AvgIpc) is 3.95. The molecule has 0 saturated carbocycles. The van der Waals surface area contributed by atoms with E-state index in [1.165, 1.54) is 0 Å². The number of aliphatic imine (C=N–C) groups is 6. The number of rotatable bonds is 2. The molecule has 0 aliphatic carbocycles. The first kappa shape index (κ1) is 38.3. The van der Waals surface area contributed by atoms with Gasteiger partial charge in [0.2, 0.25) is 0 Å². The van der Waals surface area contributed by atoms with E-state index in [0.29, 0.717) is 49.9 Å². The summed E-state index contributed by atoms with van der Waals surface area (Å²) >= 11 is 0. The predicted molar refractivity (Wildman–Crippen MR) is 206 cm³/mol. The van der Waals surface area contributed by atoms with Gasteiger partial charge in [0.1, 0.15) is 20.2 Å². The van der Waals surface area contributed by atoms with E-state index in [4.69, 9.17) is 9.98 Å². The predicted octanol–water partition coefficient (Wildman–Crippen LogP) is 4.70. The van der Waals surface area contributed by atoms with Gasteiger partial charge in [-0.25, -0.2) is 16.8 Å². The molecule has 10 aliphatic rings. The summed E-state index contributed by atoms with van der Waals surface area (Å²) in [5, 5.41) is 6.79. The molecule has 0 aromatic heterocycles. The number of nitrogens with one attached hydrogen (secondary N) is 2. The van der Waals surface area contributed by atoms with Crippen molar-refractivity contribution in [3.8, 4) is 0 Å². The molecule has 10 aliphatic heterocycles. The summed E-state index contributed by atoms with van der Waals surface area (Å²) in [5.74, 6) is 0. The fraction of sp³-hybridized carbons (Fsp3) is 0.526. The van der Waals surface area contributed by atoms with Crippen molar-refractivity contribution in [2.45, 2.75) is 125 Å². The van der Waals surface area contributed by atoms with Crippen LogP contribution in [0.2, 0.25) is 0 Å². The summed E-state index contributed by atoms with van der Waals surface area (Å²) in [6.45, 7) is 0. The van der Waals surface area contributed by atoms with Gasteiger partial charge < -0.3 is 19.7 Å². The van der Waals surface area contributed by atoms with Gasteiger partial charge in [0.05, 0.1) is 12.1 Å². The Morgan fingerprint density at radius 1 is 0.491 bits per heavy atom. The molecule has 0 aromatic carbocycles. The molecule has 14 nitrogen and oxygen atoms in total. The van der Waals surface area contributed by atoms with E-state index >= 15 is 0 Å². The smallest absolute Gasteiger partial charge is 0.746 e. The molecule has 1 radical (unpaired) electrons. The summed E-state index contributed by atoms with van der Waals surface area (Å²) in [4.78, 5) is 24.2. The first-order chi connectivity index (χ1) is 25.8. The molecule has 10 heterocycles. The van der Waals surface area contributed by atoms with Crippen LogP contribution in [0.25, 0.3) is 0 Å². The Balaban J connectivity index is 0.000000153. The van der Waals surface area contributed by atoms with Gasteiger partial charge >= 0.3 is 16.8 Å². The van der Waals surface area contributed by atoms with Gasteiger partial charge in [-0.2, -0.15) is 0 Å². The maximum absolute atomic E-state index is 12.2. The maximum atomic E-state index is 12.2. The van der Waals surface area contributed by atoms with E-state index in [1.807, 2.05) is 24.3 Å². The Bertz CT molecular complexity index is 2170. The zero-order valence-corrected chi connectivity index (χ0v) is 32.9. The van der Waals surface area contributed by atoms with E-state index in [1.54, 1.807) is 0 Å². The SMILES string of the molecule is O=S(=O)([O-])C12CCC(=N1)C=C1CCC(=CC3=NC(=CC4=NC2CC4)CC3)N1.O=S(=O)([O-])C12CCC(=N1)C=C1CCC(=CC3=NC(=CC4=NC2CC4)CC3)N1.[Co+2]. The Morgan fingerprint density at radius 2 is 0.873 bits per heavy atom. The summed E-state index contributed by atoms with van der Waals surface area (Å²) in [6.07, 6.45) is 22.8. The van der Waals surface area contributed by atoms with Crippen molar-refractivity contribution in [1.82, 2.24) is 10.6 Å². The second-order valence-electron chi connectivity index (χ2n) is 15.6. The minimum atomic E-state index is -4.62.